The second-order valence-electron chi connectivity index (χ2n) is 7.20. The third kappa shape index (κ3) is 5.68. The Morgan fingerprint density at radius 2 is 1.67 bits per heavy atom. The first-order chi connectivity index (χ1) is 12.6. The Hall–Kier alpha value is -2.61. The van der Waals surface area contributed by atoms with Gasteiger partial charge in [0.2, 0.25) is 0 Å². The van der Waals surface area contributed by atoms with Gasteiger partial charge >= 0.3 is 0 Å². The van der Waals surface area contributed by atoms with E-state index < -0.39 is 17.9 Å². The molecule has 1 unspecified atom stereocenters. The molecule has 7 nitrogen and oxygen atoms in total. The lowest BCUT2D eigenvalue weighted by molar-refractivity contribution is -0.123. The van der Waals surface area contributed by atoms with Gasteiger partial charge in [-0.15, -0.1) is 0 Å². The smallest absolute Gasteiger partial charge is 0.286 e. The zero-order chi connectivity index (χ0) is 20.2. The lowest BCUT2D eigenvalue weighted by Crippen LogP contribution is -2.51. The van der Waals surface area contributed by atoms with Crippen molar-refractivity contribution in [2.75, 3.05) is 0 Å². The highest BCUT2D eigenvalue weighted by molar-refractivity contribution is 9.10. The molecule has 2 rings (SSSR count). The van der Waals surface area contributed by atoms with Crippen molar-refractivity contribution in [2.45, 2.75) is 39.2 Å². The van der Waals surface area contributed by atoms with Crippen molar-refractivity contribution in [3.63, 3.8) is 0 Å². The quantitative estimate of drug-likeness (QED) is 0.556. The van der Waals surface area contributed by atoms with E-state index >= 15 is 0 Å². The molecule has 1 aromatic carbocycles. The van der Waals surface area contributed by atoms with Crippen LogP contribution < -0.4 is 16.2 Å². The Bertz CT molecular complexity index is 837. The highest BCUT2D eigenvalue weighted by Crippen LogP contribution is 2.22. The minimum Gasteiger partial charge on any atom is -0.356 e. The standard InChI is InChI=1S/C19H23BrN4O3/c1-11(16(25)23-24-18(27)15-9-14(20)10-21-15)22-17(26)12-5-7-13(8-6-12)19(2,3)4/h5-11,21H,1-4H3,(H,22,26)(H,23,25)(H,24,27). The van der Waals surface area contributed by atoms with Gasteiger partial charge in [-0.05, 0) is 52.0 Å². The van der Waals surface area contributed by atoms with Gasteiger partial charge in [-0.3, -0.25) is 25.2 Å². The molecule has 0 spiro atoms. The topological polar surface area (TPSA) is 103 Å². The Morgan fingerprint density at radius 1 is 1.04 bits per heavy atom. The molecule has 0 saturated carbocycles. The molecule has 144 valence electrons. The van der Waals surface area contributed by atoms with Crippen LogP contribution in [0.25, 0.3) is 0 Å². The number of carbonyl (C=O) groups excluding carboxylic acids is 3. The summed E-state index contributed by atoms with van der Waals surface area (Å²) in [6.07, 6.45) is 1.60. The summed E-state index contributed by atoms with van der Waals surface area (Å²) in [6.45, 7) is 7.81. The first-order valence-corrected chi connectivity index (χ1v) is 9.23. The maximum absolute atomic E-state index is 12.3. The molecule has 3 amide bonds. The van der Waals surface area contributed by atoms with Crippen LogP contribution >= 0.6 is 15.9 Å². The van der Waals surface area contributed by atoms with E-state index in [1.54, 1.807) is 24.4 Å². The van der Waals surface area contributed by atoms with Gasteiger partial charge in [-0.2, -0.15) is 0 Å². The van der Waals surface area contributed by atoms with E-state index in [4.69, 9.17) is 0 Å². The van der Waals surface area contributed by atoms with E-state index in [1.807, 2.05) is 12.1 Å². The van der Waals surface area contributed by atoms with E-state index in [9.17, 15) is 14.4 Å². The van der Waals surface area contributed by atoms with Crippen LogP contribution in [0.15, 0.2) is 41.0 Å². The summed E-state index contributed by atoms with van der Waals surface area (Å²) in [5.41, 5.74) is 6.44. The van der Waals surface area contributed by atoms with Crippen LogP contribution in [0.4, 0.5) is 0 Å². The number of carbonyl (C=O) groups is 3. The van der Waals surface area contributed by atoms with Gasteiger partial charge in [0.25, 0.3) is 17.7 Å². The largest absolute Gasteiger partial charge is 0.356 e. The molecule has 0 bridgehead atoms. The molecule has 1 aromatic heterocycles. The first-order valence-electron chi connectivity index (χ1n) is 8.43. The van der Waals surface area contributed by atoms with Crippen molar-refractivity contribution < 1.29 is 14.4 Å². The van der Waals surface area contributed by atoms with Crippen LogP contribution in [0.1, 0.15) is 54.1 Å². The number of rotatable bonds is 4. The summed E-state index contributed by atoms with van der Waals surface area (Å²) in [7, 11) is 0. The van der Waals surface area contributed by atoms with Gasteiger partial charge in [-0.25, -0.2) is 0 Å². The van der Waals surface area contributed by atoms with Crippen molar-refractivity contribution in [1.29, 1.82) is 0 Å². The molecule has 1 heterocycles. The van der Waals surface area contributed by atoms with E-state index in [0.29, 0.717) is 5.56 Å². The predicted octanol–water partition coefficient (Wildman–Crippen LogP) is 2.65. The number of halogens is 1. The third-order valence-electron chi connectivity index (χ3n) is 3.95. The number of benzene rings is 1. The zero-order valence-electron chi connectivity index (χ0n) is 15.6. The molecule has 0 radical (unpaired) electrons. The molecule has 0 saturated heterocycles. The first kappa shape index (κ1) is 20.7. The van der Waals surface area contributed by atoms with Crippen LogP contribution in [0.5, 0.6) is 0 Å². The normalized spacial score (nSPS) is 12.2. The number of amides is 3. The van der Waals surface area contributed by atoms with Crippen LogP contribution in [-0.2, 0) is 10.2 Å². The molecule has 27 heavy (non-hydrogen) atoms. The van der Waals surface area contributed by atoms with E-state index in [0.717, 1.165) is 10.0 Å². The minimum absolute atomic E-state index is 0.00485. The summed E-state index contributed by atoms with van der Waals surface area (Å²) in [4.78, 5) is 39.0. The molecule has 8 heteroatoms. The minimum atomic E-state index is -0.824. The van der Waals surface area contributed by atoms with E-state index in [-0.39, 0.29) is 17.0 Å². The highest BCUT2D eigenvalue weighted by Gasteiger charge is 2.19. The molecule has 0 fully saturated rings. The number of hydrogen-bond donors (Lipinski definition) is 4. The molecule has 0 aliphatic rings. The number of aromatic amines is 1. The summed E-state index contributed by atoms with van der Waals surface area (Å²) in [5, 5.41) is 2.60. The van der Waals surface area contributed by atoms with Crippen LogP contribution in [-0.4, -0.2) is 28.7 Å². The lowest BCUT2D eigenvalue weighted by Gasteiger charge is -2.19. The summed E-state index contributed by atoms with van der Waals surface area (Å²) < 4.78 is 0.720. The lowest BCUT2D eigenvalue weighted by atomic mass is 9.86. The highest BCUT2D eigenvalue weighted by atomic mass is 79.9. The van der Waals surface area contributed by atoms with Gasteiger partial charge in [0.15, 0.2) is 0 Å². The Balaban J connectivity index is 1.88. The number of H-pyrrole nitrogens is 1. The monoisotopic (exact) mass is 434 g/mol. The Kier molecular flexibility index (Phi) is 6.43. The van der Waals surface area contributed by atoms with E-state index in [2.05, 4.69) is 57.9 Å². The SMILES string of the molecule is CC(NC(=O)c1ccc(C(C)(C)C)cc1)C(=O)NNC(=O)c1cc(Br)c[nH]1. The summed E-state index contributed by atoms with van der Waals surface area (Å²) >= 11 is 3.22. The van der Waals surface area contributed by atoms with Crippen molar-refractivity contribution in [3.05, 3.63) is 57.8 Å². The Labute approximate surface area is 166 Å². The number of hydrogen-bond acceptors (Lipinski definition) is 3. The van der Waals surface area contributed by atoms with Gasteiger partial charge < -0.3 is 10.3 Å². The second-order valence-corrected chi connectivity index (χ2v) is 8.11. The third-order valence-corrected chi connectivity index (χ3v) is 4.40. The van der Waals surface area contributed by atoms with Crippen molar-refractivity contribution in [1.82, 2.24) is 21.2 Å². The van der Waals surface area contributed by atoms with Crippen LogP contribution in [0.3, 0.4) is 0 Å². The molecule has 4 N–H and O–H groups in total. The van der Waals surface area contributed by atoms with E-state index in [1.165, 1.54) is 6.92 Å². The molecule has 2 aromatic rings. The van der Waals surface area contributed by atoms with Gasteiger partial charge in [0.1, 0.15) is 11.7 Å². The fraction of sp³-hybridized carbons (Fsp3) is 0.316. The fourth-order valence-electron chi connectivity index (χ4n) is 2.26. The fourth-order valence-corrected chi connectivity index (χ4v) is 2.60. The molecular formula is C19H23BrN4O3. The summed E-state index contributed by atoms with van der Waals surface area (Å²) in [6, 6.07) is 8.00. The molecule has 0 aliphatic carbocycles. The number of hydrazine groups is 1. The second kappa shape index (κ2) is 8.39. The number of aromatic nitrogens is 1. The maximum Gasteiger partial charge on any atom is 0.286 e. The molecule has 0 aliphatic heterocycles. The van der Waals surface area contributed by atoms with Crippen molar-refractivity contribution in [3.8, 4) is 0 Å². The van der Waals surface area contributed by atoms with Gasteiger partial charge in [0, 0.05) is 16.2 Å². The van der Waals surface area contributed by atoms with Crippen molar-refractivity contribution in [2.24, 2.45) is 0 Å². The van der Waals surface area contributed by atoms with Gasteiger partial charge in [0.05, 0.1) is 0 Å². The van der Waals surface area contributed by atoms with Crippen LogP contribution in [0.2, 0.25) is 0 Å². The average molecular weight is 435 g/mol. The molecule has 1 atom stereocenters. The van der Waals surface area contributed by atoms with Crippen molar-refractivity contribution >= 4 is 33.7 Å². The average Bonchev–Trinajstić information content (AvgIpc) is 3.05. The number of nitrogens with one attached hydrogen (secondary N) is 4. The maximum atomic E-state index is 12.3. The zero-order valence-corrected chi connectivity index (χ0v) is 17.2. The molecular weight excluding hydrogens is 412 g/mol. The predicted molar refractivity (Wildman–Crippen MR) is 106 cm³/mol. The summed E-state index contributed by atoms with van der Waals surface area (Å²) in [5.74, 6) is -1.39. The van der Waals surface area contributed by atoms with Gasteiger partial charge in [-0.1, -0.05) is 32.9 Å². The Morgan fingerprint density at radius 3 is 2.19 bits per heavy atom. The van der Waals surface area contributed by atoms with Crippen LogP contribution in [0, 0.1) is 0 Å².